The number of hydrogen-bond donors (Lipinski definition) is 0. The number of para-hydroxylation sites is 2. The summed E-state index contributed by atoms with van der Waals surface area (Å²) in [5, 5.41) is 4.81. The van der Waals surface area contributed by atoms with Crippen molar-refractivity contribution in [3.8, 4) is 5.75 Å². The number of aromatic nitrogens is 4. The van der Waals surface area contributed by atoms with Crippen LogP contribution in [0.25, 0.3) is 11.0 Å². The van der Waals surface area contributed by atoms with Gasteiger partial charge in [-0.15, -0.1) is 0 Å². The second-order valence-corrected chi connectivity index (χ2v) is 7.55. The van der Waals surface area contributed by atoms with E-state index in [-0.39, 0.29) is 19.1 Å². The van der Waals surface area contributed by atoms with Crippen LogP contribution in [0.2, 0.25) is 5.02 Å². The van der Waals surface area contributed by atoms with Crippen LogP contribution in [-0.2, 0) is 31.5 Å². The van der Waals surface area contributed by atoms with Crippen LogP contribution in [0.4, 0.5) is 0 Å². The van der Waals surface area contributed by atoms with Gasteiger partial charge in [0.2, 0.25) is 5.91 Å². The first kappa shape index (κ1) is 20.0. The van der Waals surface area contributed by atoms with Gasteiger partial charge in [-0.05, 0) is 36.4 Å². The Hall–Kier alpha value is -3.32. The molecule has 2 aromatic heterocycles. The fraction of sp³-hybridized carbons (Fsp3) is 0.227. The monoisotopic (exact) mass is 423 g/mol. The van der Waals surface area contributed by atoms with Gasteiger partial charge in [0.1, 0.15) is 24.7 Å². The highest BCUT2D eigenvalue weighted by molar-refractivity contribution is 6.30. The third-order valence-electron chi connectivity index (χ3n) is 4.81. The van der Waals surface area contributed by atoms with Gasteiger partial charge in [0, 0.05) is 37.4 Å². The van der Waals surface area contributed by atoms with Gasteiger partial charge in [-0.25, -0.2) is 4.98 Å². The van der Waals surface area contributed by atoms with Crippen LogP contribution in [0.1, 0.15) is 11.4 Å². The topological polar surface area (TPSA) is 65.2 Å². The van der Waals surface area contributed by atoms with Crippen molar-refractivity contribution in [2.24, 2.45) is 7.05 Å². The van der Waals surface area contributed by atoms with Crippen molar-refractivity contribution in [2.75, 3.05) is 7.05 Å². The smallest absolute Gasteiger partial charge is 0.242 e. The van der Waals surface area contributed by atoms with E-state index < -0.39 is 0 Å². The summed E-state index contributed by atoms with van der Waals surface area (Å²) >= 11 is 5.93. The second kappa shape index (κ2) is 8.59. The lowest BCUT2D eigenvalue weighted by Gasteiger charge is -2.18. The molecule has 2 aromatic carbocycles. The highest BCUT2D eigenvalue weighted by Gasteiger charge is 2.17. The maximum Gasteiger partial charge on any atom is 0.242 e. The SMILES string of the molecule is CN(Cc1cnn(C)c1)C(=O)Cn1c(COc2ccc(Cl)cc2)nc2ccccc21. The first-order valence-corrected chi connectivity index (χ1v) is 9.91. The Labute approximate surface area is 179 Å². The van der Waals surface area contributed by atoms with Crippen LogP contribution in [0.5, 0.6) is 5.75 Å². The van der Waals surface area contributed by atoms with Gasteiger partial charge in [0.15, 0.2) is 0 Å². The fourth-order valence-corrected chi connectivity index (χ4v) is 3.39. The van der Waals surface area contributed by atoms with Gasteiger partial charge in [-0.1, -0.05) is 23.7 Å². The number of rotatable bonds is 7. The van der Waals surface area contributed by atoms with Gasteiger partial charge < -0.3 is 14.2 Å². The van der Waals surface area contributed by atoms with Crippen LogP contribution in [-0.4, -0.2) is 37.2 Å². The molecule has 4 aromatic rings. The zero-order chi connectivity index (χ0) is 21.1. The molecular formula is C22H22ClN5O2. The van der Waals surface area contributed by atoms with Gasteiger partial charge in [-0.3, -0.25) is 9.48 Å². The molecule has 8 heteroatoms. The lowest BCUT2D eigenvalue weighted by atomic mass is 10.3. The van der Waals surface area contributed by atoms with E-state index in [0.29, 0.717) is 23.1 Å². The molecule has 0 N–H and O–H groups in total. The van der Waals surface area contributed by atoms with Crippen molar-refractivity contribution in [2.45, 2.75) is 19.7 Å². The fourth-order valence-electron chi connectivity index (χ4n) is 3.26. The lowest BCUT2D eigenvalue weighted by Crippen LogP contribution is -2.30. The first-order valence-electron chi connectivity index (χ1n) is 9.53. The molecule has 7 nitrogen and oxygen atoms in total. The summed E-state index contributed by atoms with van der Waals surface area (Å²) in [5.74, 6) is 1.36. The number of aryl methyl sites for hydroxylation is 1. The molecule has 0 atom stereocenters. The van der Waals surface area contributed by atoms with Crippen molar-refractivity contribution < 1.29 is 9.53 Å². The van der Waals surface area contributed by atoms with E-state index >= 15 is 0 Å². The Balaban J connectivity index is 1.53. The summed E-state index contributed by atoms with van der Waals surface area (Å²) in [6.07, 6.45) is 3.67. The zero-order valence-electron chi connectivity index (χ0n) is 16.8. The Morgan fingerprint density at radius 2 is 1.93 bits per heavy atom. The van der Waals surface area contributed by atoms with E-state index in [1.165, 1.54) is 0 Å². The lowest BCUT2D eigenvalue weighted by molar-refractivity contribution is -0.131. The summed E-state index contributed by atoms with van der Waals surface area (Å²) in [7, 11) is 3.65. The predicted molar refractivity (Wildman–Crippen MR) is 115 cm³/mol. The molecule has 0 radical (unpaired) electrons. The summed E-state index contributed by atoms with van der Waals surface area (Å²) in [6, 6.07) is 14.9. The average Bonchev–Trinajstić information content (AvgIpc) is 3.30. The minimum absolute atomic E-state index is 0.0188. The van der Waals surface area contributed by atoms with Crippen LogP contribution in [0, 0.1) is 0 Å². The number of likely N-dealkylation sites (N-methyl/N-ethyl adjacent to an activating group) is 1. The molecule has 0 aliphatic carbocycles. The normalized spacial score (nSPS) is 11.0. The van der Waals surface area contributed by atoms with Crippen molar-refractivity contribution in [3.05, 3.63) is 77.3 Å². The number of nitrogens with zero attached hydrogens (tertiary/aromatic N) is 5. The van der Waals surface area contributed by atoms with Crippen molar-refractivity contribution in [1.82, 2.24) is 24.2 Å². The Kier molecular flexibility index (Phi) is 5.72. The van der Waals surface area contributed by atoms with Crippen LogP contribution in [0.3, 0.4) is 0 Å². The highest BCUT2D eigenvalue weighted by atomic mass is 35.5. The molecule has 0 bridgehead atoms. The molecule has 0 aliphatic heterocycles. The minimum atomic E-state index is -0.0188. The summed E-state index contributed by atoms with van der Waals surface area (Å²) < 4.78 is 9.52. The number of imidazole rings is 1. The number of fused-ring (bicyclic) bond motifs is 1. The van der Waals surface area contributed by atoms with E-state index in [2.05, 4.69) is 10.1 Å². The minimum Gasteiger partial charge on any atom is -0.486 e. The van der Waals surface area contributed by atoms with E-state index in [1.54, 1.807) is 35.0 Å². The third-order valence-corrected chi connectivity index (χ3v) is 5.06. The van der Waals surface area contributed by atoms with Gasteiger partial charge in [0.25, 0.3) is 0 Å². The molecule has 0 fully saturated rings. The third kappa shape index (κ3) is 4.46. The number of hydrogen-bond acceptors (Lipinski definition) is 4. The van der Waals surface area contributed by atoms with Crippen molar-refractivity contribution in [3.63, 3.8) is 0 Å². The number of halogens is 1. The van der Waals surface area contributed by atoms with Crippen LogP contribution >= 0.6 is 11.6 Å². The van der Waals surface area contributed by atoms with E-state index in [0.717, 1.165) is 16.6 Å². The van der Waals surface area contributed by atoms with Crippen molar-refractivity contribution >= 4 is 28.5 Å². The highest BCUT2D eigenvalue weighted by Crippen LogP contribution is 2.20. The molecular weight excluding hydrogens is 402 g/mol. The quantitative estimate of drug-likeness (QED) is 0.455. The van der Waals surface area contributed by atoms with Gasteiger partial charge in [-0.2, -0.15) is 5.10 Å². The molecule has 30 heavy (non-hydrogen) atoms. The molecule has 154 valence electrons. The van der Waals surface area contributed by atoms with Crippen LogP contribution < -0.4 is 4.74 Å². The van der Waals surface area contributed by atoms with Gasteiger partial charge >= 0.3 is 0 Å². The predicted octanol–water partition coefficient (Wildman–Crippen LogP) is 3.66. The standard InChI is InChI=1S/C22H22ClN5O2/c1-26(12-16-11-24-27(2)13-16)22(29)14-28-20-6-4-3-5-19(20)25-21(28)15-30-18-9-7-17(23)8-10-18/h3-11,13H,12,14-15H2,1-2H3. The maximum absolute atomic E-state index is 12.9. The Morgan fingerprint density at radius 3 is 2.67 bits per heavy atom. The van der Waals surface area contributed by atoms with E-state index in [1.807, 2.05) is 54.2 Å². The van der Waals surface area contributed by atoms with Crippen LogP contribution in [0.15, 0.2) is 60.9 Å². The summed E-state index contributed by atoms with van der Waals surface area (Å²) in [5.41, 5.74) is 2.71. The summed E-state index contributed by atoms with van der Waals surface area (Å²) in [4.78, 5) is 19.3. The molecule has 2 heterocycles. The zero-order valence-corrected chi connectivity index (χ0v) is 17.6. The Morgan fingerprint density at radius 1 is 1.17 bits per heavy atom. The average molecular weight is 424 g/mol. The number of carbonyl (C=O) groups excluding carboxylic acids is 1. The molecule has 0 saturated carbocycles. The Bertz CT molecular complexity index is 1170. The second-order valence-electron chi connectivity index (χ2n) is 7.12. The number of benzene rings is 2. The van der Waals surface area contributed by atoms with E-state index in [4.69, 9.17) is 16.3 Å². The molecule has 0 unspecified atom stereocenters. The first-order chi connectivity index (χ1) is 14.5. The summed E-state index contributed by atoms with van der Waals surface area (Å²) in [6.45, 7) is 0.919. The maximum atomic E-state index is 12.9. The number of carbonyl (C=O) groups is 1. The molecule has 0 saturated heterocycles. The molecule has 1 amide bonds. The number of ether oxygens (including phenoxy) is 1. The van der Waals surface area contributed by atoms with Crippen molar-refractivity contribution in [1.29, 1.82) is 0 Å². The molecule has 4 rings (SSSR count). The van der Waals surface area contributed by atoms with E-state index in [9.17, 15) is 4.79 Å². The largest absolute Gasteiger partial charge is 0.486 e. The molecule has 0 spiro atoms. The molecule has 0 aliphatic rings. The number of amides is 1. The van der Waals surface area contributed by atoms with Gasteiger partial charge in [0.05, 0.1) is 17.2 Å².